The third kappa shape index (κ3) is 3.80. The van der Waals surface area contributed by atoms with E-state index >= 15 is 0 Å². The van der Waals surface area contributed by atoms with Crippen LogP contribution in [0.4, 0.5) is 0 Å². The van der Waals surface area contributed by atoms with E-state index in [9.17, 15) is 9.90 Å². The first kappa shape index (κ1) is 12.5. The van der Waals surface area contributed by atoms with Gasteiger partial charge in [0.15, 0.2) is 0 Å². The first-order chi connectivity index (χ1) is 7.15. The van der Waals surface area contributed by atoms with Crippen molar-refractivity contribution >= 4 is 5.91 Å². The summed E-state index contributed by atoms with van der Waals surface area (Å²) in [4.78, 5) is 13.4. The first-order valence-electron chi connectivity index (χ1n) is 5.68. The van der Waals surface area contributed by atoms with Crippen molar-refractivity contribution in [1.29, 1.82) is 0 Å². The fourth-order valence-corrected chi connectivity index (χ4v) is 1.91. The summed E-state index contributed by atoms with van der Waals surface area (Å²) in [6.45, 7) is 5.88. The van der Waals surface area contributed by atoms with Gasteiger partial charge in [0.05, 0.1) is 6.10 Å². The van der Waals surface area contributed by atoms with Crippen molar-refractivity contribution in [2.45, 2.75) is 32.8 Å². The van der Waals surface area contributed by atoms with Gasteiger partial charge in [0.25, 0.3) is 0 Å². The van der Waals surface area contributed by atoms with Gasteiger partial charge >= 0.3 is 0 Å². The van der Waals surface area contributed by atoms with Crippen molar-refractivity contribution in [1.82, 2.24) is 4.90 Å². The Morgan fingerprint density at radius 3 is 3.00 bits per heavy atom. The molecule has 88 valence electrons. The van der Waals surface area contributed by atoms with Gasteiger partial charge in [0.2, 0.25) is 5.91 Å². The van der Waals surface area contributed by atoms with Gasteiger partial charge in [-0.1, -0.05) is 0 Å². The van der Waals surface area contributed by atoms with Crippen molar-refractivity contribution in [3.8, 4) is 0 Å². The van der Waals surface area contributed by atoms with Crippen LogP contribution in [0, 0.1) is 5.92 Å². The first-order valence-corrected chi connectivity index (χ1v) is 5.68. The lowest BCUT2D eigenvalue weighted by Crippen LogP contribution is -2.44. The number of aliphatic hydroxyl groups is 1. The van der Waals surface area contributed by atoms with Crippen LogP contribution in [0.1, 0.15) is 26.7 Å². The SMILES string of the molecule is CCOCC(=O)N1CCCC(C(C)O)C1. The molecule has 0 radical (unpaired) electrons. The fourth-order valence-electron chi connectivity index (χ4n) is 1.91. The van der Waals surface area contributed by atoms with E-state index in [2.05, 4.69) is 0 Å². The Labute approximate surface area is 91.2 Å². The summed E-state index contributed by atoms with van der Waals surface area (Å²) in [6, 6.07) is 0. The topological polar surface area (TPSA) is 49.8 Å². The number of piperidine rings is 1. The molecule has 0 aromatic heterocycles. The van der Waals surface area contributed by atoms with E-state index in [0.717, 1.165) is 19.4 Å². The van der Waals surface area contributed by atoms with Crippen LogP contribution in [0.3, 0.4) is 0 Å². The Morgan fingerprint density at radius 1 is 1.67 bits per heavy atom. The third-order valence-corrected chi connectivity index (χ3v) is 2.92. The molecule has 0 aromatic rings. The van der Waals surface area contributed by atoms with Gasteiger partial charge in [-0.25, -0.2) is 0 Å². The van der Waals surface area contributed by atoms with Gasteiger partial charge in [-0.05, 0) is 26.7 Å². The summed E-state index contributed by atoms with van der Waals surface area (Å²) in [5, 5.41) is 9.48. The molecule has 1 fully saturated rings. The second-order valence-electron chi connectivity index (χ2n) is 4.12. The molecule has 15 heavy (non-hydrogen) atoms. The lowest BCUT2D eigenvalue weighted by molar-refractivity contribution is -0.138. The number of likely N-dealkylation sites (tertiary alicyclic amines) is 1. The molecular formula is C11H21NO3. The Morgan fingerprint density at radius 2 is 2.40 bits per heavy atom. The molecule has 4 nitrogen and oxygen atoms in total. The smallest absolute Gasteiger partial charge is 0.248 e. The predicted octanol–water partition coefficient (Wildman–Crippen LogP) is 0.642. The van der Waals surface area contributed by atoms with E-state index in [1.165, 1.54) is 0 Å². The van der Waals surface area contributed by atoms with Crippen molar-refractivity contribution in [2.75, 3.05) is 26.3 Å². The minimum Gasteiger partial charge on any atom is -0.393 e. The lowest BCUT2D eigenvalue weighted by Gasteiger charge is -2.34. The van der Waals surface area contributed by atoms with Gasteiger partial charge < -0.3 is 14.7 Å². The van der Waals surface area contributed by atoms with Gasteiger partial charge in [0, 0.05) is 25.6 Å². The number of ether oxygens (including phenoxy) is 1. The minimum atomic E-state index is -0.326. The number of hydrogen-bond acceptors (Lipinski definition) is 3. The van der Waals surface area contributed by atoms with Crippen LogP contribution in [0.5, 0.6) is 0 Å². The van der Waals surface area contributed by atoms with E-state index in [0.29, 0.717) is 13.2 Å². The second kappa shape index (κ2) is 6.08. The van der Waals surface area contributed by atoms with E-state index < -0.39 is 0 Å². The zero-order valence-electron chi connectivity index (χ0n) is 9.61. The van der Waals surface area contributed by atoms with E-state index in [1.807, 2.05) is 6.92 Å². The van der Waals surface area contributed by atoms with E-state index in [1.54, 1.807) is 11.8 Å². The molecule has 0 spiro atoms. The molecule has 0 aliphatic carbocycles. The Hall–Kier alpha value is -0.610. The zero-order chi connectivity index (χ0) is 11.3. The van der Waals surface area contributed by atoms with Crippen molar-refractivity contribution < 1.29 is 14.6 Å². The maximum absolute atomic E-state index is 11.6. The number of carbonyl (C=O) groups is 1. The van der Waals surface area contributed by atoms with Gasteiger partial charge in [-0.15, -0.1) is 0 Å². The highest BCUT2D eigenvalue weighted by Crippen LogP contribution is 2.19. The molecule has 1 aliphatic heterocycles. The number of hydrogen-bond donors (Lipinski definition) is 1. The van der Waals surface area contributed by atoms with Gasteiger partial charge in [-0.2, -0.15) is 0 Å². The highest BCUT2D eigenvalue weighted by Gasteiger charge is 2.26. The summed E-state index contributed by atoms with van der Waals surface area (Å²) in [5.74, 6) is 0.270. The number of rotatable bonds is 4. The molecule has 2 unspecified atom stereocenters. The lowest BCUT2D eigenvalue weighted by atomic mass is 9.93. The largest absolute Gasteiger partial charge is 0.393 e. The molecular weight excluding hydrogens is 194 g/mol. The second-order valence-corrected chi connectivity index (χ2v) is 4.12. The molecule has 0 bridgehead atoms. The highest BCUT2D eigenvalue weighted by atomic mass is 16.5. The van der Waals surface area contributed by atoms with Crippen LogP contribution in [0.25, 0.3) is 0 Å². The van der Waals surface area contributed by atoms with E-state index in [4.69, 9.17) is 4.74 Å². The van der Waals surface area contributed by atoms with Gasteiger partial charge in [0.1, 0.15) is 6.61 Å². The van der Waals surface area contributed by atoms with Crippen LogP contribution in [0.15, 0.2) is 0 Å². The molecule has 2 atom stereocenters. The minimum absolute atomic E-state index is 0.0437. The predicted molar refractivity (Wildman–Crippen MR) is 57.5 cm³/mol. The molecule has 0 aromatic carbocycles. The van der Waals surface area contributed by atoms with Crippen molar-refractivity contribution in [3.05, 3.63) is 0 Å². The third-order valence-electron chi connectivity index (χ3n) is 2.92. The highest BCUT2D eigenvalue weighted by molar-refractivity contribution is 5.77. The zero-order valence-corrected chi connectivity index (χ0v) is 9.61. The monoisotopic (exact) mass is 215 g/mol. The molecule has 4 heteroatoms. The maximum atomic E-state index is 11.6. The standard InChI is InChI=1S/C11H21NO3/c1-3-15-8-11(14)12-6-4-5-10(7-12)9(2)13/h9-10,13H,3-8H2,1-2H3. The number of aliphatic hydroxyl groups excluding tert-OH is 1. The molecule has 1 N–H and O–H groups in total. The summed E-state index contributed by atoms with van der Waals surface area (Å²) >= 11 is 0. The van der Waals surface area contributed by atoms with Gasteiger partial charge in [-0.3, -0.25) is 4.79 Å². The fraction of sp³-hybridized carbons (Fsp3) is 0.909. The molecule has 0 saturated carbocycles. The summed E-state index contributed by atoms with van der Waals surface area (Å²) < 4.78 is 5.09. The van der Waals surface area contributed by atoms with Crippen LogP contribution in [-0.2, 0) is 9.53 Å². The summed E-state index contributed by atoms with van der Waals surface area (Å²) in [6.07, 6.45) is 1.66. The van der Waals surface area contributed by atoms with Crippen LogP contribution < -0.4 is 0 Å². The molecule has 1 amide bonds. The van der Waals surface area contributed by atoms with Crippen LogP contribution >= 0.6 is 0 Å². The molecule has 1 rings (SSSR count). The Kier molecular flexibility index (Phi) is 5.05. The van der Waals surface area contributed by atoms with E-state index in [-0.39, 0.29) is 24.5 Å². The summed E-state index contributed by atoms with van der Waals surface area (Å²) in [5.41, 5.74) is 0. The quantitative estimate of drug-likeness (QED) is 0.749. The Bertz CT molecular complexity index is 206. The average molecular weight is 215 g/mol. The number of amides is 1. The van der Waals surface area contributed by atoms with Crippen molar-refractivity contribution in [2.24, 2.45) is 5.92 Å². The maximum Gasteiger partial charge on any atom is 0.248 e. The number of carbonyl (C=O) groups excluding carboxylic acids is 1. The van der Waals surface area contributed by atoms with Crippen LogP contribution in [0.2, 0.25) is 0 Å². The molecule has 1 aliphatic rings. The van der Waals surface area contributed by atoms with Crippen molar-refractivity contribution in [3.63, 3.8) is 0 Å². The normalized spacial score (nSPS) is 23.9. The molecule has 1 heterocycles. The summed E-state index contributed by atoms with van der Waals surface area (Å²) in [7, 11) is 0. The average Bonchev–Trinajstić information content (AvgIpc) is 2.26. The Balaban J connectivity index is 2.38. The number of nitrogens with zero attached hydrogens (tertiary/aromatic N) is 1. The van der Waals surface area contributed by atoms with Crippen LogP contribution in [-0.4, -0.2) is 48.3 Å². The molecule has 1 saturated heterocycles.